The van der Waals surface area contributed by atoms with Crippen LogP contribution >= 0.6 is 0 Å². The number of nitrogens with zero attached hydrogens (tertiary/aromatic N) is 3. The van der Waals surface area contributed by atoms with Crippen LogP contribution < -0.4 is 0 Å². The van der Waals surface area contributed by atoms with Crippen molar-refractivity contribution in [2.75, 3.05) is 20.1 Å². The Hall–Kier alpha value is -2.93. The SMILES string of the molecule is CC(C)c1cc(C(=O)N2Cc3ccc(C4(N=O)CCN(C)CC4)cc3C2)c(O)cc1O. The van der Waals surface area contributed by atoms with E-state index in [1.807, 2.05) is 39.1 Å². The standard InChI is InChI=1S/C24H29N3O4/c1-15(2)19-11-20(22(29)12-21(19)28)23(30)27-13-16-4-5-18(10-17(16)14-27)24(25-31)6-8-26(3)9-7-24/h4-5,10-12,15,28-29H,6-9,13-14H2,1-3H3. The number of phenols is 2. The molecule has 0 spiro atoms. The van der Waals surface area contributed by atoms with Crippen molar-refractivity contribution in [3.63, 3.8) is 0 Å². The number of nitroso groups, excluding NO2 is 1. The van der Waals surface area contributed by atoms with Crippen LogP contribution in [0.15, 0.2) is 35.5 Å². The van der Waals surface area contributed by atoms with E-state index in [1.54, 1.807) is 11.0 Å². The van der Waals surface area contributed by atoms with E-state index >= 15 is 0 Å². The topological polar surface area (TPSA) is 93.4 Å². The van der Waals surface area contributed by atoms with Crippen LogP contribution in [0.2, 0.25) is 0 Å². The predicted octanol–water partition coefficient (Wildman–Crippen LogP) is 4.06. The van der Waals surface area contributed by atoms with E-state index in [-0.39, 0.29) is 28.9 Å². The molecule has 7 nitrogen and oxygen atoms in total. The molecule has 0 saturated carbocycles. The number of carbonyl (C=O) groups is 1. The highest BCUT2D eigenvalue weighted by atomic mass is 16.3. The molecule has 2 aliphatic rings. The smallest absolute Gasteiger partial charge is 0.258 e. The molecular weight excluding hydrogens is 394 g/mol. The normalized spacial score (nSPS) is 18.3. The minimum Gasteiger partial charge on any atom is -0.508 e. The third-order valence-electron chi connectivity index (χ3n) is 6.74. The molecule has 2 aliphatic heterocycles. The Morgan fingerprint density at radius 2 is 1.71 bits per heavy atom. The molecule has 0 atom stereocenters. The monoisotopic (exact) mass is 423 g/mol. The molecular formula is C24H29N3O4. The van der Waals surface area contributed by atoms with Gasteiger partial charge in [-0.15, -0.1) is 4.91 Å². The number of likely N-dealkylation sites (tertiary alicyclic amines) is 1. The summed E-state index contributed by atoms with van der Waals surface area (Å²) in [4.78, 5) is 28.9. The average molecular weight is 424 g/mol. The summed E-state index contributed by atoms with van der Waals surface area (Å²) >= 11 is 0. The van der Waals surface area contributed by atoms with Crippen molar-refractivity contribution in [2.45, 2.75) is 51.2 Å². The maximum atomic E-state index is 13.2. The van der Waals surface area contributed by atoms with E-state index in [0.29, 0.717) is 31.5 Å². The summed E-state index contributed by atoms with van der Waals surface area (Å²) in [6.45, 7) is 6.35. The molecule has 0 unspecified atom stereocenters. The number of phenolic OH excluding ortho intramolecular Hbond substituents is 2. The molecule has 1 fully saturated rings. The van der Waals surface area contributed by atoms with Crippen LogP contribution in [0.3, 0.4) is 0 Å². The first-order valence-corrected chi connectivity index (χ1v) is 10.7. The number of rotatable bonds is 4. The first-order chi connectivity index (χ1) is 14.7. The number of aromatic hydroxyl groups is 2. The van der Waals surface area contributed by atoms with Gasteiger partial charge in [-0.05, 0) is 54.1 Å². The fraction of sp³-hybridized carbons (Fsp3) is 0.458. The highest BCUT2D eigenvalue weighted by molar-refractivity contribution is 5.97. The van der Waals surface area contributed by atoms with Gasteiger partial charge in [-0.25, -0.2) is 0 Å². The van der Waals surface area contributed by atoms with E-state index < -0.39 is 5.54 Å². The Balaban J connectivity index is 1.59. The molecule has 164 valence electrons. The molecule has 2 aromatic rings. The van der Waals surface area contributed by atoms with Gasteiger partial charge in [0.25, 0.3) is 5.91 Å². The second-order valence-corrected chi connectivity index (χ2v) is 9.15. The minimum absolute atomic E-state index is 0.0109. The number of carbonyl (C=O) groups excluding carboxylic acids is 1. The second kappa shape index (κ2) is 7.96. The van der Waals surface area contributed by atoms with Gasteiger partial charge in [-0.3, -0.25) is 4.79 Å². The lowest BCUT2D eigenvalue weighted by Gasteiger charge is -2.35. The van der Waals surface area contributed by atoms with Gasteiger partial charge in [0.15, 0.2) is 0 Å². The molecule has 31 heavy (non-hydrogen) atoms. The van der Waals surface area contributed by atoms with Crippen molar-refractivity contribution in [3.05, 3.63) is 63.1 Å². The molecule has 1 saturated heterocycles. The van der Waals surface area contributed by atoms with Gasteiger partial charge in [0.2, 0.25) is 0 Å². The summed E-state index contributed by atoms with van der Waals surface area (Å²) in [6.07, 6.45) is 1.38. The summed E-state index contributed by atoms with van der Waals surface area (Å²) in [6, 6.07) is 8.79. The third kappa shape index (κ3) is 3.78. The maximum absolute atomic E-state index is 13.2. The fourth-order valence-corrected chi connectivity index (χ4v) is 4.65. The Labute approximate surface area is 182 Å². The summed E-state index contributed by atoms with van der Waals surface area (Å²) in [5, 5.41) is 23.9. The minimum atomic E-state index is -0.708. The number of hydrogen-bond donors (Lipinski definition) is 2. The van der Waals surface area contributed by atoms with Gasteiger partial charge < -0.3 is 20.0 Å². The van der Waals surface area contributed by atoms with Crippen molar-refractivity contribution in [1.29, 1.82) is 0 Å². The van der Waals surface area contributed by atoms with Crippen LogP contribution in [0.25, 0.3) is 0 Å². The molecule has 7 heteroatoms. The van der Waals surface area contributed by atoms with E-state index in [2.05, 4.69) is 10.1 Å². The lowest BCUT2D eigenvalue weighted by atomic mass is 9.81. The first kappa shape index (κ1) is 21.3. The highest BCUT2D eigenvalue weighted by Crippen LogP contribution is 2.39. The van der Waals surface area contributed by atoms with Crippen LogP contribution in [-0.2, 0) is 18.6 Å². The van der Waals surface area contributed by atoms with Crippen LogP contribution in [0, 0.1) is 4.91 Å². The number of benzene rings is 2. The van der Waals surface area contributed by atoms with Gasteiger partial charge >= 0.3 is 0 Å². The largest absolute Gasteiger partial charge is 0.508 e. The molecule has 0 aliphatic carbocycles. The van der Waals surface area contributed by atoms with E-state index in [0.717, 1.165) is 29.8 Å². The summed E-state index contributed by atoms with van der Waals surface area (Å²) < 4.78 is 0. The highest BCUT2D eigenvalue weighted by Gasteiger charge is 2.38. The maximum Gasteiger partial charge on any atom is 0.258 e. The van der Waals surface area contributed by atoms with Crippen molar-refractivity contribution in [3.8, 4) is 11.5 Å². The molecule has 2 aromatic carbocycles. The van der Waals surface area contributed by atoms with Gasteiger partial charge in [-0.1, -0.05) is 37.2 Å². The first-order valence-electron chi connectivity index (χ1n) is 10.7. The zero-order chi connectivity index (χ0) is 22.3. The lowest BCUT2D eigenvalue weighted by molar-refractivity contribution is 0.0748. The van der Waals surface area contributed by atoms with Crippen LogP contribution in [0.5, 0.6) is 11.5 Å². The molecule has 0 radical (unpaired) electrons. The van der Waals surface area contributed by atoms with Gasteiger partial charge in [0.1, 0.15) is 17.0 Å². The van der Waals surface area contributed by atoms with Crippen molar-refractivity contribution >= 4 is 5.91 Å². The Kier molecular flexibility index (Phi) is 5.47. The van der Waals surface area contributed by atoms with Crippen molar-refractivity contribution < 1.29 is 15.0 Å². The molecule has 4 rings (SSSR count). The van der Waals surface area contributed by atoms with Crippen molar-refractivity contribution in [1.82, 2.24) is 9.80 Å². The molecule has 2 N–H and O–H groups in total. The quantitative estimate of drug-likeness (QED) is 0.723. The molecule has 0 bridgehead atoms. The summed E-state index contributed by atoms with van der Waals surface area (Å²) in [7, 11) is 2.05. The summed E-state index contributed by atoms with van der Waals surface area (Å²) in [5.74, 6) is -0.492. The predicted molar refractivity (Wildman–Crippen MR) is 118 cm³/mol. The third-order valence-corrected chi connectivity index (χ3v) is 6.74. The van der Waals surface area contributed by atoms with Crippen molar-refractivity contribution in [2.24, 2.45) is 5.18 Å². The fourth-order valence-electron chi connectivity index (χ4n) is 4.65. The Bertz CT molecular complexity index is 1030. The van der Waals surface area contributed by atoms with E-state index in [1.165, 1.54) is 6.07 Å². The number of amides is 1. The van der Waals surface area contributed by atoms with Gasteiger partial charge in [-0.2, -0.15) is 0 Å². The number of piperidine rings is 1. The zero-order valence-corrected chi connectivity index (χ0v) is 18.3. The van der Waals surface area contributed by atoms with E-state index in [4.69, 9.17) is 0 Å². The molecule has 1 amide bonds. The van der Waals surface area contributed by atoms with Gasteiger partial charge in [0.05, 0.1) is 5.56 Å². The van der Waals surface area contributed by atoms with Crippen LogP contribution in [-0.4, -0.2) is 46.1 Å². The number of hydrogen-bond acceptors (Lipinski definition) is 6. The molecule has 2 heterocycles. The summed E-state index contributed by atoms with van der Waals surface area (Å²) in [5.41, 5.74) is 3.07. The van der Waals surface area contributed by atoms with Crippen LogP contribution in [0.1, 0.15) is 65.2 Å². The average Bonchev–Trinajstić information content (AvgIpc) is 3.17. The zero-order valence-electron chi connectivity index (χ0n) is 18.3. The second-order valence-electron chi connectivity index (χ2n) is 9.15. The lowest BCUT2D eigenvalue weighted by Crippen LogP contribution is -2.39. The Morgan fingerprint density at radius 3 is 2.35 bits per heavy atom. The Morgan fingerprint density at radius 1 is 1.03 bits per heavy atom. The van der Waals surface area contributed by atoms with Gasteiger partial charge in [0, 0.05) is 32.2 Å². The van der Waals surface area contributed by atoms with Crippen LogP contribution in [0.4, 0.5) is 0 Å². The molecule has 0 aromatic heterocycles. The number of fused-ring (bicyclic) bond motifs is 1. The van der Waals surface area contributed by atoms with E-state index in [9.17, 15) is 19.9 Å².